The van der Waals surface area contributed by atoms with Gasteiger partial charge in [-0.2, -0.15) is 0 Å². The van der Waals surface area contributed by atoms with E-state index >= 15 is 0 Å². The van der Waals surface area contributed by atoms with E-state index in [4.69, 9.17) is 0 Å². The van der Waals surface area contributed by atoms with Gasteiger partial charge in [0.05, 0.1) is 27.4 Å². The molecule has 0 saturated heterocycles. The van der Waals surface area contributed by atoms with Gasteiger partial charge in [0.15, 0.2) is 11.6 Å². The van der Waals surface area contributed by atoms with Gasteiger partial charge in [-0.15, -0.1) is 11.3 Å². The lowest BCUT2D eigenvalue weighted by atomic mass is 9.43. The van der Waals surface area contributed by atoms with Crippen molar-refractivity contribution < 1.29 is 19.0 Å². The topological polar surface area (TPSA) is 53.4 Å². The largest absolute Gasteiger partial charge is 0.393 e. The molecule has 2 aromatic rings. The highest BCUT2D eigenvalue weighted by Gasteiger charge is 2.62. The van der Waals surface area contributed by atoms with Crippen molar-refractivity contribution in [2.75, 3.05) is 0 Å². The standard InChI is InChI=1S/C30H41F2NO2S/c1-16(4-7-27-33-24-14-22(31)23(32)15-26(24)36-27)19-5-6-20-28-21(9-11-30(19,20)3)29(2)10-8-18(34)12-17(29)13-25(28)35/h14-21,25,28,34-35H,4-13H2,1-3H3/t16?,17-,18+,19+,20-,21-,25+,28-,29-,30+/m0/s1. The van der Waals surface area contributed by atoms with Crippen LogP contribution in [0.25, 0.3) is 10.2 Å². The third kappa shape index (κ3) is 3.88. The molecule has 0 amide bonds. The van der Waals surface area contributed by atoms with Gasteiger partial charge >= 0.3 is 0 Å². The fraction of sp³-hybridized carbons (Fsp3) is 0.767. The van der Waals surface area contributed by atoms with E-state index in [2.05, 4.69) is 25.8 Å². The van der Waals surface area contributed by atoms with E-state index in [1.165, 1.54) is 49.2 Å². The van der Waals surface area contributed by atoms with Gasteiger partial charge in [0.1, 0.15) is 0 Å². The molecule has 3 nitrogen and oxygen atoms in total. The highest BCUT2D eigenvalue weighted by Crippen LogP contribution is 2.68. The normalized spacial score (nSPS) is 43.1. The average molecular weight is 518 g/mol. The SMILES string of the molecule is CC(CCc1nc2cc(F)c(F)cc2s1)[C@H]1CC[C@H]2[C@@H]3[C@H](O)C[C@@H]4C[C@H](O)CC[C@]4(C)[C@H]3CC[C@]12C. The summed E-state index contributed by atoms with van der Waals surface area (Å²) in [6, 6.07) is 2.48. The maximum absolute atomic E-state index is 13.6. The van der Waals surface area contributed by atoms with Crippen LogP contribution >= 0.6 is 11.3 Å². The van der Waals surface area contributed by atoms with E-state index < -0.39 is 11.6 Å². The highest BCUT2D eigenvalue weighted by molar-refractivity contribution is 7.18. The third-order valence-electron chi connectivity index (χ3n) is 11.7. The van der Waals surface area contributed by atoms with Crippen molar-refractivity contribution >= 4 is 21.6 Å². The minimum atomic E-state index is -0.831. The van der Waals surface area contributed by atoms with E-state index in [0.717, 1.165) is 48.2 Å². The van der Waals surface area contributed by atoms with Gasteiger partial charge in [-0.25, -0.2) is 13.8 Å². The van der Waals surface area contributed by atoms with E-state index in [0.29, 0.717) is 41.0 Å². The first-order chi connectivity index (χ1) is 17.1. The van der Waals surface area contributed by atoms with Gasteiger partial charge in [-0.1, -0.05) is 20.8 Å². The van der Waals surface area contributed by atoms with Crippen molar-refractivity contribution in [2.24, 2.45) is 46.3 Å². The molecule has 1 aromatic heterocycles. The lowest BCUT2D eigenvalue weighted by molar-refractivity contribution is -0.174. The van der Waals surface area contributed by atoms with E-state index in [1.807, 2.05) is 0 Å². The fourth-order valence-corrected chi connectivity index (χ4v) is 10.8. The first-order valence-electron chi connectivity index (χ1n) is 14.2. The van der Waals surface area contributed by atoms with Crippen molar-refractivity contribution in [2.45, 2.75) is 97.2 Å². The van der Waals surface area contributed by atoms with E-state index in [1.54, 1.807) is 0 Å². The summed E-state index contributed by atoms with van der Waals surface area (Å²) in [5.41, 5.74) is 1.08. The summed E-state index contributed by atoms with van der Waals surface area (Å²) in [5, 5.41) is 22.7. The Hall–Kier alpha value is -1.11. The number of rotatable bonds is 4. The zero-order valence-corrected chi connectivity index (χ0v) is 22.7. The molecule has 6 rings (SSSR count). The van der Waals surface area contributed by atoms with Crippen LogP contribution in [0.3, 0.4) is 0 Å². The number of benzene rings is 1. The van der Waals surface area contributed by atoms with Crippen LogP contribution in [0.15, 0.2) is 12.1 Å². The van der Waals surface area contributed by atoms with Crippen LogP contribution in [0.1, 0.15) is 83.6 Å². The number of aromatic nitrogens is 1. The van der Waals surface area contributed by atoms with Crippen LogP contribution in [0, 0.1) is 58.0 Å². The minimum absolute atomic E-state index is 0.189. The Bertz CT molecular complexity index is 1100. The van der Waals surface area contributed by atoms with Crippen molar-refractivity contribution in [3.05, 3.63) is 28.8 Å². The molecule has 0 bridgehead atoms. The Kier molecular flexibility index (Phi) is 6.28. The zero-order chi connectivity index (χ0) is 25.4. The molecule has 36 heavy (non-hydrogen) atoms. The van der Waals surface area contributed by atoms with Gasteiger partial charge in [0.2, 0.25) is 0 Å². The molecule has 4 aliphatic carbocycles. The Balaban J connectivity index is 1.17. The molecule has 4 aliphatic rings. The molecule has 1 aromatic carbocycles. The summed E-state index contributed by atoms with van der Waals surface area (Å²) >= 11 is 1.48. The summed E-state index contributed by atoms with van der Waals surface area (Å²) in [6.07, 6.45) is 10.1. The molecule has 1 heterocycles. The predicted octanol–water partition coefficient (Wildman–Crippen LogP) is 7.13. The number of aliphatic hydroxyl groups is 2. The number of aryl methyl sites for hydroxylation is 1. The summed E-state index contributed by atoms with van der Waals surface area (Å²) in [7, 11) is 0. The first kappa shape index (κ1) is 25.2. The third-order valence-corrected chi connectivity index (χ3v) is 12.8. The number of nitrogens with zero attached hydrogens (tertiary/aromatic N) is 1. The van der Waals surface area contributed by atoms with Crippen molar-refractivity contribution in [3.63, 3.8) is 0 Å². The molecule has 198 valence electrons. The lowest BCUT2D eigenvalue weighted by Crippen LogP contribution is -2.58. The molecule has 1 unspecified atom stereocenters. The average Bonchev–Trinajstić information content (AvgIpc) is 3.39. The Morgan fingerprint density at radius 1 is 1.00 bits per heavy atom. The van der Waals surface area contributed by atoms with Crippen LogP contribution in [-0.4, -0.2) is 27.4 Å². The molecule has 0 radical (unpaired) electrons. The number of halogens is 2. The van der Waals surface area contributed by atoms with E-state index in [9.17, 15) is 19.0 Å². The Labute approximate surface area is 217 Å². The zero-order valence-electron chi connectivity index (χ0n) is 21.9. The van der Waals surface area contributed by atoms with Crippen LogP contribution in [0.5, 0.6) is 0 Å². The molecule has 2 N–H and O–H groups in total. The maximum Gasteiger partial charge on any atom is 0.161 e. The van der Waals surface area contributed by atoms with Crippen LogP contribution in [0.2, 0.25) is 0 Å². The van der Waals surface area contributed by atoms with Crippen molar-refractivity contribution in [1.29, 1.82) is 0 Å². The Morgan fingerprint density at radius 3 is 2.53 bits per heavy atom. The maximum atomic E-state index is 13.6. The van der Waals surface area contributed by atoms with Gasteiger partial charge in [-0.05, 0) is 117 Å². The highest BCUT2D eigenvalue weighted by atomic mass is 32.1. The second-order valence-electron chi connectivity index (χ2n) is 13.3. The van der Waals surface area contributed by atoms with E-state index in [-0.39, 0.29) is 23.0 Å². The smallest absolute Gasteiger partial charge is 0.161 e. The monoisotopic (exact) mass is 517 g/mol. The number of hydrogen-bond donors (Lipinski definition) is 2. The number of aliphatic hydroxyl groups excluding tert-OH is 2. The summed E-state index contributed by atoms with van der Waals surface area (Å²) in [6.45, 7) is 7.37. The molecule has 10 atom stereocenters. The number of fused-ring (bicyclic) bond motifs is 6. The lowest BCUT2D eigenvalue weighted by Gasteiger charge is -2.62. The van der Waals surface area contributed by atoms with Crippen LogP contribution in [0.4, 0.5) is 8.78 Å². The van der Waals surface area contributed by atoms with Gasteiger partial charge in [0, 0.05) is 6.07 Å². The summed E-state index contributed by atoms with van der Waals surface area (Å²) in [4.78, 5) is 4.59. The number of thiazole rings is 1. The van der Waals surface area contributed by atoms with Crippen molar-refractivity contribution in [3.8, 4) is 0 Å². The molecular formula is C30H41F2NO2S. The molecule has 6 heteroatoms. The van der Waals surface area contributed by atoms with Gasteiger partial charge in [0.25, 0.3) is 0 Å². The van der Waals surface area contributed by atoms with Gasteiger partial charge in [-0.3, -0.25) is 0 Å². The first-order valence-corrected chi connectivity index (χ1v) is 15.0. The summed E-state index contributed by atoms with van der Waals surface area (Å²) < 4.78 is 28.0. The minimum Gasteiger partial charge on any atom is -0.393 e. The predicted molar refractivity (Wildman–Crippen MR) is 140 cm³/mol. The molecule has 0 spiro atoms. The molecule has 4 saturated carbocycles. The summed E-state index contributed by atoms with van der Waals surface area (Å²) in [5.74, 6) is 1.56. The quantitative estimate of drug-likeness (QED) is 0.453. The second kappa shape index (κ2) is 8.98. The molecule has 0 aliphatic heterocycles. The molecule has 4 fully saturated rings. The van der Waals surface area contributed by atoms with Crippen LogP contribution < -0.4 is 0 Å². The van der Waals surface area contributed by atoms with Gasteiger partial charge < -0.3 is 10.2 Å². The number of hydrogen-bond acceptors (Lipinski definition) is 4. The second-order valence-corrected chi connectivity index (χ2v) is 14.4. The van der Waals surface area contributed by atoms with Crippen LogP contribution in [-0.2, 0) is 6.42 Å². The van der Waals surface area contributed by atoms with Crippen molar-refractivity contribution in [1.82, 2.24) is 4.98 Å². The Morgan fingerprint density at radius 2 is 1.72 bits per heavy atom. The molecular weight excluding hydrogens is 476 g/mol. The fourth-order valence-electron chi connectivity index (χ4n) is 9.81.